The Labute approximate surface area is 144 Å². The van der Waals surface area contributed by atoms with Gasteiger partial charge in [-0.15, -0.1) is 0 Å². The molecule has 0 aliphatic rings. The Hall–Kier alpha value is -1.53. The van der Waals surface area contributed by atoms with E-state index in [1.807, 2.05) is 0 Å². The van der Waals surface area contributed by atoms with Gasteiger partial charge in [0.05, 0.1) is 15.9 Å². The molecular weight excluding hydrogens is 397 g/mol. The molecule has 0 atom stereocenters. The largest absolute Gasteiger partial charge is 0.487 e. The maximum Gasteiger partial charge on any atom is 0.416 e. The molecule has 0 aliphatic carbocycles. The second-order valence-electron chi connectivity index (χ2n) is 4.69. The average molecular weight is 408 g/mol. The third-order valence-corrected chi connectivity index (χ3v) is 3.83. The maximum absolute atomic E-state index is 12.6. The van der Waals surface area contributed by atoms with Crippen molar-refractivity contribution in [3.63, 3.8) is 0 Å². The quantitative estimate of drug-likeness (QED) is 0.482. The van der Waals surface area contributed by atoms with Gasteiger partial charge < -0.3 is 4.74 Å². The van der Waals surface area contributed by atoms with Gasteiger partial charge in [0.2, 0.25) is 0 Å². The normalized spacial score (nSPS) is 11.3. The molecule has 0 bridgehead atoms. The summed E-state index contributed by atoms with van der Waals surface area (Å²) in [5.74, 6) is 0.0799. The monoisotopic (exact) mass is 406 g/mol. The van der Waals surface area contributed by atoms with Crippen molar-refractivity contribution in [3.05, 3.63) is 64.2 Å². The number of ketones is 1. The van der Waals surface area contributed by atoms with Gasteiger partial charge in [-0.05, 0) is 29.8 Å². The highest BCUT2D eigenvalue weighted by Crippen LogP contribution is 2.34. The van der Waals surface area contributed by atoms with Gasteiger partial charge in [-0.2, -0.15) is 13.2 Å². The number of carbonyl (C=O) groups excluding carboxylic acids is 1. The Bertz CT molecular complexity index is 717. The van der Waals surface area contributed by atoms with Gasteiger partial charge in [-0.3, -0.25) is 4.79 Å². The van der Waals surface area contributed by atoms with Crippen LogP contribution in [0.2, 0.25) is 5.02 Å². The van der Waals surface area contributed by atoms with E-state index in [1.54, 1.807) is 24.3 Å². The van der Waals surface area contributed by atoms with Crippen molar-refractivity contribution in [1.82, 2.24) is 0 Å². The predicted molar refractivity (Wildman–Crippen MR) is 85.4 cm³/mol. The first kappa shape index (κ1) is 17.8. The first-order valence-corrected chi connectivity index (χ1v) is 7.99. The Kier molecular flexibility index (Phi) is 5.70. The number of Topliss-reactive ketones (excluding diaryl/α,β-unsaturated/α-hetero) is 1. The summed E-state index contributed by atoms with van der Waals surface area (Å²) < 4.78 is 43.1. The summed E-state index contributed by atoms with van der Waals surface area (Å²) in [7, 11) is 0. The number of halogens is 5. The zero-order valence-corrected chi connectivity index (χ0v) is 14.0. The maximum atomic E-state index is 12.6. The molecular formula is C16H11BrClF3O2. The van der Waals surface area contributed by atoms with Crippen molar-refractivity contribution in [2.75, 3.05) is 5.33 Å². The SMILES string of the molecule is O=C(CBr)c1cccc(COc2ccc(C(F)(F)F)cc2Cl)c1. The fraction of sp³-hybridized carbons (Fsp3) is 0.188. The number of carbonyl (C=O) groups is 1. The van der Waals surface area contributed by atoms with Crippen LogP contribution in [0.4, 0.5) is 13.2 Å². The molecule has 2 aromatic rings. The standard InChI is InChI=1S/C16H11BrClF3O2/c17-8-14(22)11-3-1-2-10(6-11)9-23-15-5-4-12(7-13(15)18)16(19,20)21/h1-7H,8-9H2. The van der Waals surface area contributed by atoms with Crippen molar-refractivity contribution >= 4 is 33.3 Å². The van der Waals surface area contributed by atoms with E-state index in [9.17, 15) is 18.0 Å². The van der Waals surface area contributed by atoms with Crippen LogP contribution in [0, 0.1) is 0 Å². The lowest BCUT2D eigenvalue weighted by molar-refractivity contribution is -0.137. The minimum Gasteiger partial charge on any atom is -0.487 e. The third-order valence-electron chi connectivity index (χ3n) is 3.02. The number of hydrogen-bond donors (Lipinski definition) is 0. The molecule has 0 saturated heterocycles. The fourth-order valence-corrected chi connectivity index (χ4v) is 2.43. The predicted octanol–water partition coefficient (Wildman–Crippen LogP) is 5.52. The van der Waals surface area contributed by atoms with Gasteiger partial charge in [0.15, 0.2) is 5.78 Å². The summed E-state index contributed by atoms with van der Waals surface area (Å²) in [6, 6.07) is 9.72. The van der Waals surface area contributed by atoms with E-state index in [0.717, 1.165) is 12.1 Å². The number of hydrogen-bond acceptors (Lipinski definition) is 2. The highest BCUT2D eigenvalue weighted by molar-refractivity contribution is 9.09. The molecule has 0 unspecified atom stereocenters. The van der Waals surface area contributed by atoms with Gasteiger partial charge in [-0.1, -0.05) is 45.7 Å². The topological polar surface area (TPSA) is 26.3 Å². The van der Waals surface area contributed by atoms with Crippen molar-refractivity contribution < 1.29 is 22.7 Å². The number of alkyl halides is 4. The fourth-order valence-electron chi connectivity index (χ4n) is 1.87. The van der Waals surface area contributed by atoms with Gasteiger partial charge >= 0.3 is 6.18 Å². The van der Waals surface area contributed by atoms with Crippen LogP contribution in [0.5, 0.6) is 5.75 Å². The molecule has 7 heteroatoms. The minimum atomic E-state index is -4.45. The zero-order chi connectivity index (χ0) is 17.0. The van der Waals surface area contributed by atoms with Gasteiger partial charge in [0.25, 0.3) is 0 Å². The average Bonchev–Trinajstić information content (AvgIpc) is 2.52. The first-order chi connectivity index (χ1) is 10.8. The van der Waals surface area contributed by atoms with Crippen LogP contribution >= 0.6 is 27.5 Å². The highest BCUT2D eigenvalue weighted by Gasteiger charge is 2.31. The Morgan fingerprint density at radius 2 is 1.91 bits per heavy atom. The highest BCUT2D eigenvalue weighted by atomic mass is 79.9. The summed E-state index contributed by atoms with van der Waals surface area (Å²) in [5.41, 5.74) is 0.411. The molecule has 0 radical (unpaired) electrons. The molecule has 2 aromatic carbocycles. The smallest absolute Gasteiger partial charge is 0.416 e. The second kappa shape index (κ2) is 7.36. The molecule has 2 rings (SSSR count). The van der Waals surface area contributed by atoms with Crippen LogP contribution in [-0.4, -0.2) is 11.1 Å². The van der Waals surface area contributed by atoms with Crippen LogP contribution in [-0.2, 0) is 12.8 Å². The van der Waals surface area contributed by atoms with Crippen molar-refractivity contribution in [2.24, 2.45) is 0 Å². The summed E-state index contributed by atoms with van der Waals surface area (Å²) in [6.45, 7) is 0.0918. The van der Waals surface area contributed by atoms with E-state index in [2.05, 4.69) is 15.9 Å². The van der Waals surface area contributed by atoms with Gasteiger partial charge in [0, 0.05) is 5.56 Å². The third kappa shape index (κ3) is 4.72. The molecule has 0 saturated carbocycles. The van der Waals surface area contributed by atoms with E-state index < -0.39 is 11.7 Å². The number of ether oxygens (including phenoxy) is 1. The lowest BCUT2D eigenvalue weighted by Crippen LogP contribution is -2.05. The number of rotatable bonds is 5. The molecule has 0 heterocycles. The minimum absolute atomic E-state index is 0.0700. The van der Waals surface area contributed by atoms with E-state index in [1.165, 1.54) is 6.07 Å². The van der Waals surface area contributed by atoms with E-state index in [0.29, 0.717) is 11.1 Å². The first-order valence-electron chi connectivity index (χ1n) is 6.49. The van der Waals surface area contributed by atoms with Crippen LogP contribution in [0.25, 0.3) is 0 Å². The second-order valence-corrected chi connectivity index (χ2v) is 5.66. The number of benzene rings is 2. The van der Waals surface area contributed by atoms with E-state index in [-0.39, 0.29) is 28.5 Å². The van der Waals surface area contributed by atoms with Crippen LogP contribution < -0.4 is 4.74 Å². The summed E-state index contributed by atoms with van der Waals surface area (Å²) in [5, 5.41) is 0.0923. The molecule has 0 spiro atoms. The summed E-state index contributed by atoms with van der Waals surface area (Å²) in [4.78, 5) is 11.6. The zero-order valence-electron chi connectivity index (χ0n) is 11.7. The molecule has 0 fully saturated rings. The molecule has 23 heavy (non-hydrogen) atoms. The van der Waals surface area contributed by atoms with Gasteiger partial charge in [0.1, 0.15) is 12.4 Å². The van der Waals surface area contributed by atoms with Crippen molar-refractivity contribution in [2.45, 2.75) is 12.8 Å². The lowest BCUT2D eigenvalue weighted by atomic mass is 10.1. The van der Waals surface area contributed by atoms with E-state index >= 15 is 0 Å². The van der Waals surface area contributed by atoms with Crippen molar-refractivity contribution in [1.29, 1.82) is 0 Å². The molecule has 122 valence electrons. The van der Waals surface area contributed by atoms with E-state index in [4.69, 9.17) is 16.3 Å². The Morgan fingerprint density at radius 1 is 1.17 bits per heavy atom. The lowest BCUT2D eigenvalue weighted by Gasteiger charge is -2.11. The molecule has 0 aliphatic heterocycles. The Morgan fingerprint density at radius 3 is 2.52 bits per heavy atom. The van der Waals surface area contributed by atoms with Crippen LogP contribution in [0.3, 0.4) is 0 Å². The molecule has 0 aromatic heterocycles. The summed E-state index contributed by atoms with van der Waals surface area (Å²) >= 11 is 8.91. The van der Waals surface area contributed by atoms with Crippen molar-refractivity contribution in [3.8, 4) is 5.75 Å². The molecule has 2 nitrogen and oxygen atoms in total. The van der Waals surface area contributed by atoms with Crippen LogP contribution in [0.1, 0.15) is 21.5 Å². The Balaban J connectivity index is 2.11. The van der Waals surface area contributed by atoms with Crippen LogP contribution in [0.15, 0.2) is 42.5 Å². The summed E-state index contributed by atoms with van der Waals surface area (Å²) in [6.07, 6.45) is -4.45. The van der Waals surface area contributed by atoms with Gasteiger partial charge in [-0.25, -0.2) is 0 Å². The molecule has 0 N–H and O–H groups in total. The molecule has 0 amide bonds.